The Balaban J connectivity index is 1.32. The van der Waals surface area contributed by atoms with E-state index in [1.165, 1.54) is 12.1 Å². The van der Waals surface area contributed by atoms with Crippen molar-refractivity contribution in [3.63, 3.8) is 0 Å². The van der Waals surface area contributed by atoms with Gasteiger partial charge in [-0.1, -0.05) is 30.3 Å². The minimum atomic E-state index is -0.273. The van der Waals surface area contributed by atoms with Crippen molar-refractivity contribution in [1.29, 1.82) is 0 Å². The first-order chi connectivity index (χ1) is 18.6. The average Bonchev–Trinajstić information content (AvgIpc) is 3.57. The summed E-state index contributed by atoms with van der Waals surface area (Å²) < 4.78 is 17.4. The third-order valence-corrected chi connectivity index (χ3v) is 6.21. The Labute approximate surface area is 219 Å². The number of benzene rings is 3. The van der Waals surface area contributed by atoms with Gasteiger partial charge < -0.3 is 5.32 Å². The van der Waals surface area contributed by atoms with E-state index in [0.717, 1.165) is 45.1 Å². The van der Waals surface area contributed by atoms with E-state index in [4.69, 9.17) is 5.10 Å². The second-order valence-electron chi connectivity index (χ2n) is 8.89. The minimum absolute atomic E-state index is 0.273. The summed E-state index contributed by atoms with van der Waals surface area (Å²) in [6, 6.07) is 28.5. The summed E-state index contributed by atoms with van der Waals surface area (Å²) in [5.74, 6) is 1.15. The van der Waals surface area contributed by atoms with Gasteiger partial charge in [0, 0.05) is 23.0 Å². The Kier molecular flexibility index (Phi) is 6.19. The van der Waals surface area contributed by atoms with Crippen LogP contribution in [-0.4, -0.2) is 29.5 Å². The van der Waals surface area contributed by atoms with Gasteiger partial charge >= 0.3 is 0 Å². The molecule has 0 radical (unpaired) electrons. The lowest BCUT2D eigenvalue weighted by molar-refractivity contribution is 0.627. The molecular weight excluding hydrogens is 477 g/mol. The van der Waals surface area contributed by atoms with E-state index in [1.807, 2.05) is 72.4 Å². The van der Waals surface area contributed by atoms with E-state index in [2.05, 4.69) is 32.5 Å². The maximum absolute atomic E-state index is 13.7. The normalized spacial score (nSPS) is 11.0. The maximum Gasteiger partial charge on any atom is 0.147 e. The van der Waals surface area contributed by atoms with Crippen LogP contribution in [0.4, 0.5) is 15.9 Å². The number of hydrogen-bond donors (Lipinski definition) is 1. The van der Waals surface area contributed by atoms with Crippen LogP contribution < -0.4 is 5.32 Å². The first-order valence-electron chi connectivity index (χ1n) is 12.2. The quantitative estimate of drug-likeness (QED) is 0.273. The summed E-state index contributed by atoms with van der Waals surface area (Å²) in [6.07, 6.45) is 5.32. The van der Waals surface area contributed by atoms with Crippen molar-refractivity contribution in [3.05, 3.63) is 127 Å². The fourth-order valence-electron chi connectivity index (χ4n) is 4.37. The highest BCUT2D eigenvalue weighted by Gasteiger charge is 2.16. The fourth-order valence-corrected chi connectivity index (χ4v) is 4.37. The predicted octanol–water partition coefficient (Wildman–Crippen LogP) is 6.43. The molecule has 6 aromatic rings. The van der Waals surface area contributed by atoms with E-state index >= 15 is 0 Å². The molecule has 1 N–H and O–H groups in total. The first-order valence-corrected chi connectivity index (χ1v) is 12.2. The van der Waals surface area contributed by atoms with Gasteiger partial charge in [-0.2, -0.15) is 10.2 Å². The van der Waals surface area contributed by atoms with Gasteiger partial charge in [0.15, 0.2) is 0 Å². The topological polar surface area (TPSA) is 73.5 Å². The largest absolute Gasteiger partial charge is 0.340 e. The zero-order chi connectivity index (χ0) is 25.9. The molecule has 0 saturated carbocycles. The van der Waals surface area contributed by atoms with Crippen molar-refractivity contribution in [3.8, 4) is 28.1 Å². The van der Waals surface area contributed by atoms with Gasteiger partial charge in [0.05, 0.1) is 24.1 Å². The van der Waals surface area contributed by atoms with Gasteiger partial charge in [0.1, 0.15) is 23.8 Å². The molecule has 3 heterocycles. The smallest absolute Gasteiger partial charge is 0.147 e. The van der Waals surface area contributed by atoms with Crippen molar-refractivity contribution in [2.75, 3.05) is 5.32 Å². The van der Waals surface area contributed by atoms with Crippen LogP contribution in [0, 0.1) is 12.7 Å². The van der Waals surface area contributed by atoms with Crippen molar-refractivity contribution >= 4 is 11.5 Å². The number of nitrogens with one attached hydrogen (secondary N) is 1. The summed E-state index contributed by atoms with van der Waals surface area (Å²) in [5.41, 5.74) is 6.65. The molecule has 7 nitrogen and oxygen atoms in total. The summed E-state index contributed by atoms with van der Waals surface area (Å²) >= 11 is 0. The SMILES string of the molecule is Cc1ncn(-c2ccc(Nc3cc(-c4cnn(Cc5ccccc5)c4-c4ccc(F)cc4)ccn3)cc2)n1. The number of halogens is 1. The van der Waals surface area contributed by atoms with Crippen molar-refractivity contribution in [2.24, 2.45) is 0 Å². The van der Waals surface area contributed by atoms with Crippen LogP contribution in [0.25, 0.3) is 28.1 Å². The molecule has 6 rings (SSSR count). The lowest BCUT2D eigenvalue weighted by Gasteiger charge is -2.12. The Bertz CT molecular complexity index is 1670. The van der Waals surface area contributed by atoms with Gasteiger partial charge in [-0.25, -0.2) is 19.0 Å². The Morgan fingerprint density at radius 3 is 2.37 bits per heavy atom. The zero-order valence-corrected chi connectivity index (χ0v) is 20.7. The first kappa shape index (κ1) is 23.3. The maximum atomic E-state index is 13.7. The highest BCUT2D eigenvalue weighted by atomic mass is 19.1. The summed E-state index contributed by atoms with van der Waals surface area (Å²) in [6.45, 7) is 2.46. The fraction of sp³-hybridized carbons (Fsp3) is 0.0667. The second kappa shape index (κ2) is 10.1. The molecule has 0 aliphatic carbocycles. The number of hydrogen-bond acceptors (Lipinski definition) is 5. The highest BCUT2D eigenvalue weighted by molar-refractivity contribution is 5.82. The van der Waals surface area contributed by atoms with Gasteiger partial charge in [0.2, 0.25) is 0 Å². The lowest BCUT2D eigenvalue weighted by atomic mass is 10.0. The summed E-state index contributed by atoms with van der Waals surface area (Å²) in [5, 5.41) is 12.4. The molecule has 3 aromatic heterocycles. The average molecular weight is 502 g/mol. The molecule has 0 aliphatic heterocycles. The Morgan fingerprint density at radius 2 is 1.63 bits per heavy atom. The zero-order valence-electron chi connectivity index (χ0n) is 20.7. The minimum Gasteiger partial charge on any atom is -0.340 e. The molecular formula is C30H24FN7. The predicted molar refractivity (Wildman–Crippen MR) is 146 cm³/mol. The van der Waals surface area contributed by atoms with E-state index in [-0.39, 0.29) is 5.82 Å². The monoisotopic (exact) mass is 501 g/mol. The van der Waals surface area contributed by atoms with Crippen LogP contribution >= 0.6 is 0 Å². The molecule has 0 spiro atoms. The Morgan fingerprint density at radius 1 is 0.842 bits per heavy atom. The number of aromatic nitrogens is 6. The molecule has 0 atom stereocenters. The molecule has 0 amide bonds. The van der Waals surface area contributed by atoms with E-state index in [0.29, 0.717) is 12.4 Å². The molecule has 8 heteroatoms. The van der Waals surface area contributed by atoms with Crippen LogP contribution in [0.1, 0.15) is 11.4 Å². The van der Waals surface area contributed by atoms with Crippen LogP contribution in [0.15, 0.2) is 110 Å². The molecule has 0 saturated heterocycles. The molecule has 3 aromatic carbocycles. The van der Waals surface area contributed by atoms with E-state index in [9.17, 15) is 4.39 Å². The number of aryl methyl sites for hydroxylation is 1. The second-order valence-corrected chi connectivity index (χ2v) is 8.89. The van der Waals surface area contributed by atoms with Crippen LogP contribution in [0.3, 0.4) is 0 Å². The van der Waals surface area contributed by atoms with Crippen LogP contribution in [0.2, 0.25) is 0 Å². The van der Waals surface area contributed by atoms with Crippen LogP contribution in [0.5, 0.6) is 0 Å². The summed E-state index contributed by atoms with van der Waals surface area (Å²) in [7, 11) is 0. The van der Waals surface area contributed by atoms with Crippen molar-refractivity contribution in [2.45, 2.75) is 13.5 Å². The number of nitrogens with zero attached hydrogens (tertiary/aromatic N) is 6. The standard InChI is InChI=1S/C30H24FN7/c1-21-33-20-38(36-21)27-13-11-26(12-14-27)35-29-17-24(15-16-32-29)28-18-34-37(19-22-5-3-2-4-6-22)30(28)23-7-9-25(31)10-8-23/h2-18,20H,19H2,1H3,(H,32,35). The number of rotatable bonds is 7. The van der Waals surface area contributed by atoms with Gasteiger partial charge in [-0.3, -0.25) is 4.68 Å². The summed E-state index contributed by atoms with van der Waals surface area (Å²) in [4.78, 5) is 8.70. The van der Waals surface area contributed by atoms with Gasteiger partial charge in [-0.15, -0.1) is 0 Å². The van der Waals surface area contributed by atoms with Crippen LogP contribution in [-0.2, 0) is 6.54 Å². The molecule has 0 fully saturated rings. The molecule has 186 valence electrons. The van der Waals surface area contributed by atoms with Crippen molar-refractivity contribution < 1.29 is 4.39 Å². The third kappa shape index (κ3) is 4.92. The molecule has 0 aliphatic rings. The third-order valence-electron chi connectivity index (χ3n) is 6.21. The lowest BCUT2D eigenvalue weighted by Crippen LogP contribution is -2.04. The molecule has 0 unspecified atom stereocenters. The number of pyridine rings is 1. The van der Waals surface area contributed by atoms with Crippen molar-refractivity contribution in [1.82, 2.24) is 29.5 Å². The van der Waals surface area contributed by atoms with E-state index in [1.54, 1.807) is 29.3 Å². The molecule has 38 heavy (non-hydrogen) atoms. The van der Waals surface area contributed by atoms with Gasteiger partial charge in [-0.05, 0) is 78.7 Å². The molecule has 0 bridgehead atoms. The Hall–Kier alpha value is -5.11. The number of anilines is 2. The van der Waals surface area contributed by atoms with Gasteiger partial charge in [0.25, 0.3) is 0 Å². The highest BCUT2D eigenvalue weighted by Crippen LogP contribution is 2.34. The van der Waals surface area contributed by atoms with E-state index < -0.39 is 0 Å².